The van der Waals surface area contributed by atoms with Crippen LogP contribution < -0.4 is 5.32 Å². The molecule has 2 aromatic rings. The molecule has 112 valence electrons. The van der Waals surface area contributed by atoms with Gasteiger partial charge in [-0.15, -0.1) is 0 Å². The van der Waals surface area contributed by atoms with Crippen LogP contribution in [-0.4, -0.2) is 0 Å². The van der Waals surface area contributed by atoms with E-state index in [1.807, 2.05) is 19.1 Å². The highest BCUT2D eigenvalue weighted by molar-refractivity contribution is 6.31. The van der Waals surface area contributed by atoms with Crippen LogP contribution in [0, 0.1) is 6.92 Å². The van der Waals surface area contributed by atoms with Crippen molar-refractivity contribution < 1.29 is 13.2 Å². The second-order valence-electron chi connectivity index (χ2n) is 4.63. The molecular formula is C15H12Cl2F3N. The third-order valence-corrected chi connectivity index (χ3v) is 3.74. The molecule has 0 atom stereocenters. The van der Waals surface area contributed by atoms with Gasteiger partial charge in [0.15, 0.2) is 0 Å². The van der Waals surface area contributed by atoms with Gasteiger partial charge in [-0.2, -0.15) is 13.2 Å². The highest BCUT2D eigenvalue weighted by Crippen LogP contribution is 2.36. The average Bonchev–Trinajstić information content (AvgIpc) is 2.40. The first-order valence-corrected chi connectivity index (χ1v) is 6.88. The van der Waals surface area contributed by atoms with E-state index in [4.69, 9.17) is 23.2 Å². The Hall–Kier alpha value is -1.39. The van der Waals surface area contributed by atoms with Crippen molar-refractivity contribution in [3.05, 3.63) is 63.1 Å². The SMILES string of the molecule is Cc1ccc(CNc2ccc(Cl)c(C(F)(F)F)c2)cc1Cl. The fourth-order valence-electron chi connectivity index (χ4n) is 1.80. The maximum atomic E-state index is 12.8. The van der Waals surface area contributed by atoms with Gasteiger partial charge in [-0.3, -0.25) is 0 Å². The summed E-state index contributed by atoms with van der Waals surface area (Å²) in [5, 5.41) is 3.24. The van der Waals surface area contributed by atoms with Gasteiger partial charge in [-0.05, 0) is 42.3 Å². The van der Waals surface area contributed by atoms with Crippen LogP contribution in [0.3, 0.4) is 0 Å². The number of nitrogens with one attached hydrogen (secondary N) is 1. The molecule has 0 spiro atoms. The Bertz CT molecular complexity index is 654. The largest absolute Gasteiger partial charge is 0.417 e. The molecule has 1 nitrogen and oxygen atoms in total. The second kappa shape index (κ2) is 6.16. The minimum atomic E-state index is -4.47. The van der Waals surface area contributed by atoms with Gasteiger partial charge in [0, 0.05) is 17.3 Å². The summed E-state index contributed by atoms with van der Waals surface area (Å²) in [5.41, 5.74) is 1.33. The van der Waals surface area contributed by atoms with Crippen molar-refractivity contribution in [1.82, 2.24) is 0 Å². The lowest BCUT2D eigenvalue weighted by molar-refractivity contribution is -0.137. The minimum Gasteiger partial charge on any atom is -0.381 e. The van der Waals surface area contributed by atoms with Crippen molar-refractivity contribution in [1.29, 1.82) is 0 Å². The van der Waals surface area contributed by atoms with Gasteiger partial charge in [0.25, 0.3) is 0 Å². The third-order valence-electron chi connectivity index (χ3n) is 3.00. The van der Waals surface area contributed by atoms with E-state index in [0.29, 0.717) is 17.3 Å². The van der Waals surface area contributed by atoms with E-state index in [0.717, 1.165) is 17.2 Å². The fourth-order valence-corrected chi connectivity index (χ4v) is 2.23. The van der Waals surface area contributed by atoms with Gasteiger partial charge in [0.05, 0.1) is 10.6 Å². The Morgan fingerprint density at radius 2 is 1.71 bits per heavy atom. The molecule has 21 heavy (non-hydrogen) atoms. The first-order chi connectivity index (χ1) is 9.77. The zero-order chi connectivity index (χ0) is 15.6. The zero-order valence-electron chi connectivity index (χ0n) is 11.1. The first kappa shape index (κ1) is 16.0. The molecule has 0 saturated heterocycles. The number of halogens is 5. The van der Waals surface area contributed by atoms with Gasteiger partial charge in [0.2, 0.25) is 0 Å². The number of benzene rings is 2. The van der Waals surface area contributed by atoms with Crippen LogP contribution in [0.5, 0.6) is 0 Å². The molecule has 1 N–H and O–H groups in total. The van der Waals surface area contributed by atoms with Crippen LogP contribution in [-0.2, 0) is 12.7 Å². The first-order valence-electron chi connectivity index (χ1n) is 6.13. The summed E-state index contributed by atoms with van der Waals surface area (Å²) in [4.78, 5) is 0. The lowest BCUT2D eigenvalue weighted by atomic mass is 10.1. The molecular weight excluding hydrogens is 322 g/mol. The fraction of sp³-hybridized carbons (Fsp3) is 0.200. The average molecular weight is 334 g/mol. The van der Waals surface area contributed by atoms with Crippen LogP contribution in [0.25, 0.3) is 0 Å². The zero-order valence-corrected chi connectivity index (χ0v) is 12.6. The maximum Gasteiger partial charge on any atom is 0.417 e. The van der Waals surface area contributed by atoms with Crippen molar-refractivity contribution >= 4 is 28.9 Å². The molecule has 2 aromatic carbocycles. The number of aryl methyl sites for hydroxylation is 1. The molecule has 0 radical (unpaired) electrons. The summed E-state index contributed by atoms with van der Waals surface area (Å²) in [5.74, 6) is 0. The quantitative estimate of drug-likeness (QED) is 0.733. The molecule has 0 aliphatic heterocycles. The Balaban J connectivity index is 2.15. The van der Waals surface area contributed by atoms with Crippen LogP contribution in [0.2, 0.25) is 10.0 Å². The van der Waals surface area contributed by atoms with E-state index in [1.165, 1.54) is 12.1 Å². The molecule has 0 bridgehead atoms. The summed E-state index contributed by atoms with van der Waals surface area (Å²) < 4.78 is 38.3. The number of anilines is 1. The van der Waals surface area contributed by atoms with Crippen LogP contribution >= 0.6 is 23.2 Å². The minimum absolute atomic E-state index is 0.313. The van der Waals surface area contributed by atoms with Crippen LogP contribution in [0.15, 0.2) is 36.4 Å². The standard InChI is InChI=1S/C15H12Cl2F3N/c1-9-2-3-10(6-14(9)17)8-21-11-4-5-13(16)12(7-11)15(18,19)20/h2-7,21H,8H2,1H3. The van der Waals surface area contributed by atoms with E-state index in [1.54, 1.807) is 6.07 Å². The normalized spacial score (nSPS) is 11.5. The summed E-state index contributed by atoms with van der Waals surface area (Å²) in [6, 6.07) is 9.25. The molecule has 0 amide bonds. The van der Waals surface area contributed by atoms with Crippen molar-refractivity contribution in [2.24, 2.45) is 0 Å². The van der Waals surface area contributed by atoms with Crippen LogP contribution in [0.1, 0.15) is 16.7 Å². The predicted molar refractivity (Wildman–Crippen MR) is 80.0 cm³/mol. The Morgan fingerprint density at radius 1 is 1.00 bits per heavy atom. The van der Waals surface area contributed by atoms with Gasteiger partial charge in [0.1, 0.15) is 0 Å². The Morgan fingerprint density at radius 3 is 2.33 bits per heavy atom. The van der Waals surface area contributed by atoms with E-state index in [-0.39, 0.29) is 5.02 Å². The van der Waals surface area contributed by atoms with Gasteiger partial charge in [-0.25, -0.2) is 0 Å². The van der Waals surface area contributed by atoms with E-state index < -0.39 is 11.7 Å². The van der Waals surface area contributed by atoms with E-state index in [9.17, 15) is 13.2 Å². The predicted octanol–water partition coefficient (Wildman–Crippen LogP) is 5.93. The monoisotopic (exact) mass is 333 g/mol. The van der Waals surface area contributed by atoms with Crippen molar-refractivity contribution in [3.63, 3.8) is 0 Å². The summed E-state index contributed by atoms with van der Waals surface area (Å²) in [7, 11) is 0. The third kappa shape index (κ3) is 4.05. The van der Waals surface area contributed by atoms with Gasteiger partial charge >= 0.3 is 6.18 Å². The molecule has 0 aliphatic carbocycles. The number of rotatable bonds is 3. The molecule has 6 heteroatoms. The Kier molecular flexibility index (Phi) is 4.69. The molecule has 0 heterocycles. The lowest BCUT2D eigenvalue weighted by Crippen LogP contribution is -2.07. The maximum absolute atomic E-state index is 12.8. The smallest absolute Gasteiger partial charge is 0.381 e. The molecule has 0 saturated carbocycles. The topological polar surface area (TPSA) is 12.0 Å². The highest BCUT2D eigenvalue weighted by atomic mass is 35.5. The number of hydrogen-bond acceptors (Lipinski definition) is 1. The summed E-state index contributed by atoms with van der Waals surface area (Å²) >= 11 is 11.6. The number of hydrogen-bond donors (Lipinski definition) is 1. The summed E-state index contributed by atoms with van der Waals surface area (Å²) in [6.45, 7) is 2.26. The van der Waals surface area contributed by atoms with E-state index >= 15 is 0 Å². The number of alkyl halides is 3. The van der Waals surface area contributed by atoms with Crippen molar-refractivity contribution in [3.8, 4) is 0 Å². The van der Waals surface area contributed by atoms with Crippen molar-refractivity contribution in [2.45, 2.75) is 19.6 Å². The van der Waals surface area contributed by atoms with Crippen LogP contribution in [0.4, 0.5) is 18.9 Å². The molecule has 0 aliphatic rings. The van der Waals surface area contributed by atoms with E-state index in [2.05, 4.69) is 5.32 Å². The van der Waals surface area contributed by atoms with Gasteiger partial charge < -0.3 is 5.32 Å². The summed E-state index contributed by atoms with van der Waals surface area (Å²) in [6.07, 6.45) is -4.47. The highest BCUT2D eigenvalue weighted by Gasteiger charge is 2.33. The molecule has 0 unspecified atom stereocenters. The van der Waals surface area contributed by atoms with Crippen molar-refractivity contribution in [2.75, 3.05) is 5.32 Å². The molecule has 0 aromatic heterocycles. The second-order valence-corrected chi connectivity index (χ2v) is 5.44. The van der Waals surface area contributed by atoms with Gasteiger partial charge in [-0.1, -0.05) is 35.3 Å². The Labute approximate surface area is 130 Å². The molecule has 2 rings (SSSR count). The lowest BCUT2D eigenvalue weighted by Gasteiger charge is -2.12. The molecule has 0 fully saturated rings.